The van der Waals surface area contributed by atoms with Gasteiger partial charge >= 0.3 is 6.09 Å². The molecule has 0 fully saturated rings. The summed E-state index contributed by atoms with van der Waals surface area (Å²) in [5.74, 6) is -0.307. The molecule has 6 nitrogen and oxygen atoms in total. The summed E-state index contributed by atoms with van der Waals surface area (Å²) in [6.07, 6.45) is 0.302. The average Bonchev–Trinajstić information content (AvgIpc) is 2.80. The van der Waals surface area contributed by atoms with Crippen LogP contribution in [0.2, 0.25) is 5.02 Å². The number of phenolic OH excluding ortho intramolecular Hbond substituents is 2. The largest absolute Gasteiger partial charge is 0.504 e. The summed E-state index contributed by atoms with van der Waals surface area (Å²) >= 11 is 6.01. The lowest BCUT2D eigenvalue weighted by atomic mass is 9.93. The molecule has 7 heteroatoms. The first-order valence-corrected chi connectivity index (χ1v) is 10.9. The van der Waals surface area contributed by atoms with Gasteiger partial charge in [-0.15, -0.1) is 0 Å². The van der Waals surface area contributed by atoms with Crippen LogP contribution in [0, 0.1) is 0 Å². The molecule has 0 radical (unpaired) electrons. The predicted octanol–water partition coefficient (Wildman–Crippen LogP) is 4.78. The third-order valence-corrected chi connectivity index (χ3v) is 5.80. The number of benzene rings is 3. The number of rotatable bonds is 6. The summed E-state index contributed by atoms with van der Waals surface area (Å²) in [7, 11) is 0. The number of fused-ring (bicyclic) bond motifs is 1. The van der Waals surface area contributed by atoms with E-state index in [9.17, 15) is 15.0 Å². The molecule has 1 aliphatic rings. The summed E-state index contributed by atoms with van der Waals surface area (Å²) in [5, 5.41) is 23.9. The second-order valence-electron chi connectivity index (χ2n) is 7.84. The Bertz CT molecular complexity index is 1070. The van der Waals surface area contributed by atoms with E-state index in [1.807, 2.05) is 42.5 Å². The van der Waals surface area contributed by atoms with Crippen molar-refractivity contribution in [2.45, 2.75) is 25.6 Å². The van der Waals surface area contributed by atoms with Crippen LogP contribution >= 0.6 is 11.6 Å². The van der Waals surface area contributed by atoms with Gasteiger partial charge in [-0.1, -0.05) is 54.1 Å². The SMILES string of the molecule is O=C(OCc1ccccc1)N(Cc1ccc(Cl)cc1)CC1NCCc2cc(O)c(O)cc21. The normalized spacial score (nSPS) is 15.1. The predicted molar refractivity (Wildman–Crippen MR) is 123 cm³/mol. The van der Waals surface area contributed by atoms with E-state index in [0.717, 1.165) is 28.7 Å². The Morgan fingerprint density at radius 2 is 1.75 bits per heavy atom. The van der Waals surface area contributed by atoms with Crippen molar-refractivity contribution in [3.63, 3.8) is 0 Å². The summed E-state index contributed by atoms with van der Waals surface area (Å²) in [6.45, 7) is 1.58. The highest BCUT2D eigenvalue weighted by atomic mass is 35.5. The zero-order valence-corrected chi connectivity index (χ0v) is 18.3. The second-order valence-corrected chi connectivity index (χ2v) is 8.28. The number of nitrogens with zero attached hydrogens (tertiary/aromatic N) is 1. The van der Waals surface area contributed by atoms with E-state index in [-0.39, 0.29) is 24.1 Å². The smallest absolute Gasteiger partial charge is 0.410 e. The number of carbonyl (C=O) groups excluding carboxylic acids is 1. The number of amides is 1. The fraction of sp³-hybridized carbons (Fsp3) is 0.240. The maximum atomic E-state index is 13.1. The van der Waals surface area contributed by atoms with E-state index in [2.05, 4.69) is 5.32 Å². The lowest BCUT2D eigenvalue weighted by molar-refractivity contribution is 0.0893. The number of halogens is 1. The lowest BCUT2D eigenvalue weighted by Crippen LogP contribution is -2.41. The fourth-order valence-electron chi connectivity index (χ4n) is 3.88. The molecule has 0 saturated carbocycles. The summed E-state index contributed by atoms with van der Waals surface area (Å²) < 4.78 is 5.60. The minimum atomic E-state index is -0.430. The van der Waals surface area contributed by atoms with Crippen LogP contribution in [0.15, 0.2) is 66.7 Å². The number of aromatic hydroxyl groups is 2. The Hall–Kier alpha value is -3.22. The zero-order chi connectivity index (χ0) is 22.5. The van der Waals surface area contributed by atoms with Crippen molar-refractivity contribution >= 4 is 17.7 Å². The molecule has 0 bridgehead atoms. The quantitative estimate of drug-likeness (QED) is 0.469. The van der Waals surface area contributed by atoms with Crippen molar-refractivity contribution in [1.82, 2.24) is 10.2 Å². The molecular weight excluding hydrogens is 428 g/mol. The zero-order valence-electron chi connectivity index (χ0n) is 17.5. The molecule has 3 aromatic carbocycles. The average molecular weight is 453 g/mol. The Labute approximate surface area is 192 Å². The van der Waals surface area contributed by atoms with Crippen molar-refractivity contribution in [2.24, 2.45) is 0 Å². The fourth-order valence-corrected chi connectivity index (χ4v) is 4.00. The molecule has 1 heterocycles. The highest BCUT2D eigenvalue weighted by Gasteiger charge is 2.27. The minimum absolute atomic E-state index is 0.135. The molecule has 1 atom stereocenters. The van der Waals surface area contributed by atoms with Gasteiger partial charge in [-0.05, 0) is 59.5 Å². The Kier molecular flexibility index (Phi) is 6.83. The van der Waals surface area contributed by atoms with Gasteiger partial charge in [0.2, 0.25) is 0 Å². The van der Waals surface area contributed by atoms with E-state index in [4.69, 9.17) is 16.3 Å². The van der Waals surface area contributed by atoms with Gasteiger partial charge in [-0.3, -0.25) is 0 Å². The van der Waals surface area contributed by atoms with Crippen molar-refractivity contribution in [2.75, 3.05) is 13.1 Å². The maximum Gasteiger partial charge on any atom is 0.410 e. The summed E-state index contributed by atoms with van der Waals surface area (Å²) in [5.41, 5.74) is 3.65. The monoisotopic (exact) mass is 452 g/mol. The molecule has 4 rings (SSSR count). The molecular formula is C25H25ClN2O4. The first-order chi connectivity index (χ1) is 15.5. The first kappa shape index (κ1) is 22.0. The van der Waals surface area contributed by atoms with Crippen LogP contribution in [-0.4, -0.2) is 34.3 Å². The highest BCUT2D eigenvalue weighted by Crippen LogP contribution is 2.34. The van der Waals surface area contributed by atoms with Gasteiger partial charge < -0.3 is 25.2 Å². The van der Waals surface area contributed by atoms with Crippen molar-refractivity contribution in [3.8, 4) is 11.5 Å². The minimum Gasteiger partial charge on any atom is -0.504 e. The number of hydrogen-bond donors (Lipinski definition) is 3. The number of carbonyl (C=O) groups is 1. The summed E-state index contributed by atoms with van der Waals surface area (Å²) in [4.78, 5) is 14.7. The van der Waals surface area contributed by atoms with E-state index in [1.54, 1.807) is 29.2 Å². The van der Waals surface area contributed by atoms with Crippen LogP contribution < -0.4 is 5.32 Å². The Morgan fingerprint density at radius 3 is 2.50 bits per heavy atom. The topological polar surface area (TPSA) is 82.0 Å². The van der Waals surface area contributed by atoms with Gasteiger partial charge in [0.05, 0.1) is 6.04 Å². The summed E-state index contributed by atoms with van der Waals surface area (Å²) in [6, 6.07) is 19.8. The molecule has 0 aromatic heterocycles. The van der Waals surface area contributed by atoms with Crippen LogP contribution in [0.5, 0.6) is 11.5 Å². The van der Waals surface area contributed by atoms with Crippen LogP contribution in [0.25, 0.3) is 0 Å². The van der Waals surface area contributed by atoms with Gasteiger partial charge in [0.1, 0.15) is 6.61 Å². The molecule has 32 heavy (non-hydrogen) atoms. The van der Waals surface area contributed by atoms with Crippen molar-refractivity contribution in [3.05, 3.63) is 94.0 Å². The second kappa shape index (κ2) is 9.94. The van der Waals surface area contributed by atoms with Crippen molar-refractivity contribution < 1.29 is 19.7 Å². The van der Waals surface area contributed by atoms with Crippen LogP contribution in [0.1, 0.15) is 28.3 Å². The van der Waals surface area contributed by atoms with Crippen LogP contribution in [-0.2, 0) is 24.3 Å². The maximum absolute atomic E-state index is 13.1. The van der Waals surface area contributed by atoms with E-state index >= 15 is 0 Å². The molecule has 1 aliphatic heterocycles. The third kappa shape index (κ3) is 5.33. The lowest BCUT2D eigenvalue weighted by Gasteiger charge is -2.32. The molecule has 3 N–H and O–H groups in total. The molecule has 166 valence electrons. The van der Waals surface area contributed by atoms with Gasteiger partial charge in [0.25, 0.3) is 0 Å². The molecule has 0 spiro atoms. The Balaban J connectivity index is 1.54. The van der Waals surface area contributed by atoms with E-state index in [0.29, 0.717) is 24.7 Å². The van der Waals surface area contributed by atoms with Crippen molar-refractivity contribution in [1.29, 1.82) is 0 Å². The standard InChI is InChI=1S/C25H25ClN2O4/c26-20-8-6-17(7-9-20)14-28(25(31)32-16-18-4-2-1-3-5-18)15-22-21-13-24(30)23(29)12-19(21)10-11-27-22/h1-9,12-13,22,27,29-30H,10-11,14-16H2. The first-order valence-electron chi connectivity index (χ1n) is 10.5. The molecule has 0 saturated heterocycles. The molecule has 1 unspecified atom stereocenters. The molecule has 0 aliphatic carbocycles. The van der Waals surface area contributed by atoms with Gasteiger partial charge in [-0.2, -0.15) is 0 Å². The number of ether oxygens (including phenoxy) is 1. The van der Waals surface area contributed by atoms with Crippen LogP contribution in [0.3, 0.4) is 0 Å². The van der Waals surface area contributed by atoms with Gasteiger partial charge in [0, 0.05) is 18.1 Å². The Morgan fingerprint density at radius 1 is 1.03 bits per heavy atom. The molecule has 1 amide bonds. The number of nitrogens with one attached hydrogen (secondary N) is 1. The van der Waals surface area contributed by atoms with Crippen LogP contribution in [0.4, 0.5) is 4.79 Å². The number of hydrogen-bond acceptors (Lipinski definition) is 5. The van der Waals surface area contributed by atoms with E-state index < -0.39 is 6.09 Å². The van der Waals surface area contributed by atoms with Gasteiger partial charge in [0.15, 0.2) is 11.5 Å². The third-order valence-electron chi connectivity index (χ3n) is 5.55. The van der Waals surface area contributed by atoms with E-state index in [1.165, 1.54) is 0 Å². The number of phenols is 2. The highest BCUT2D eigenvalue weighted by molar-refractivity contribution is 6.30. The molecule has 3 aromatic rings. The van der Waals surface area contributed by atoms with Gasteiger partial charge in [-0.25, -0.2) is 4.79 Å².